The van der Waals surface area contributed by atoms with Gasteiger partial charge in [0.05, 0.1) is 11.2 Å². The topological polar surface area (TPSA) is 153 Å². The number of carboxylic acid groups (broad SMARTS) is 1. The molecule has 2 fully saturated rings. The van der Waals surface area contributed by atoms with E-state index in [1.54, 1.807) is 55.4 Å². The van der Waals surface area contributed by atoms with Crippen molar-refractivity contribution in [2.45, 2.75) is 162 Å². The van der Waals surface area contributed by atoms with Crippen LogP contribution < -0.4 is 10.6 Å². The van der Waals surface area contributed by atoms with Gasteiger partial charge in [-0.2, -0.15) is 0 Å². The molecule has 2 aliphatic rings. The third-order valence-corrected chi connectivity index (χ3v) is 8.36. The smallest absolute Gasteiger partial charge is 0.457 e. The zero-order valence-electron chi connectivity index (χ0n) is 28.9. The number of likely N-dealkylation sites (tertiary alicyclic amines) is 1. The second-order valence-corrected chi connectivity index (χ2v) is 15.5. The monoisotopic (exact) mass is 625 g/mol. The molecule has 0 aromatic heterocycles. The SMILES string of the molecule is CC(C)[C@H](NC(=O)OC(C)(C)C)C(=O)N[C@H]1CCN(C(=O)OC(C)(C)C)[C@@](CCCCB2OC(C)(C)C(C)(C)O2)(C(=O)O)C1. The first-order valence-corrected chi connectivity index (χ1v) is 15.8. The van der Waals surface area contributed by atoms with Gasteiger partial charge in [-0.15, -0.1) is 0 Å². The van der Waals surface area contributed by atoms with E-state index in [9.17, 15) is 24.3 Å². The molecule has 2 rings (SSSR count). The summed E-state index contributed by atoms with van der Waals surface area (Å²) < 4.78 is 23.1. The Morgan fingerprint density at radius 2 is 1.50 bits per heavy atom. The minimum atomic E-state index is -1.61. The van der Waals surface area contributed by atoms with E-state index in [4.69, 9.17) is 18.8 Å². The maximum atomic E-state index is 13.4. The Bertz CT molecular complexity index is 1030. The van der Waals surface area contributed by atoms with Gasteiger partial charge in [0.25, 0.3) is 0 Å². The van der Waals surface area contributed by atoms with Gasteiger partial charge in [-0.1, -0.05) is 26.7 Å². The Balaban J connectivity index is 2.22. The van der Waals surface area contributed by atoms with E-state index >= 15 is 0 Å². The third kappa shape index (κ3) is 9.99. The van der Waals surface area contributed by atoms with Crippen LogP contribution in [0, 0.1) is 5.92 Å². The number of alkyl carbamates (subject to hydrolysis) is 1. The quantitative estimate of drug-likeness (QED) is 0.221. The fraction of sp³-hybridized carbons (Fsp3) is 0.871. The van der Waals surface area contributed by atoms with Gasteiger partial charge in [-0.05, 0) is 94.3 Å². The number of carbonyl (C=O) groups excluding carboxylic acids is 3. The van der Waals surface area contributed by atoms with Gasteiger partial charge >= 0.3 is 25.3 Å². The second kappa shape index (κ2) is 13.8. The van der Waals surface area contributed by atoms with Crippen LogP contribution in [0.1, 0.15) is 115 Å². The van der Waals surface area contributed by atoms with Crippen molar-refractivity contribution in [3.05, 3.63) is 0 Å². The lowest BCUT2D eigenvalue weighted by atomic mass is 9.77. The standard InChI is InChI=1S/C31H56BN3O9/c1-20(2)22(34-25(39)41-27(3,4)5)23(36)33-21-15-18-35(26(40)42-28(6,7)8)31(19-21,24(37)38)16-13-14-17-32-43-29(9,10)30(11,12)44-32/h20-22H,13-19H2,1-12H3,(H,33,36)(H,34,39)(H,37,38)/t21-,22-,31+/m0/s1. The van der Waals surface area contributed by atoms with Gasteiger partial charge in [0, 0.05) is 19.0 Å². The lowest BCUT2D eigenvalue weighted by Gasteiger charge is -2.47. The van der Waals surface area contributed by atoms with Crippen LogP contribution in [-0.2, 0) is 28.4 Å². The minimum Gasteiger partial charge on any atom is -0.479 e. The summed E-state index contributed by atoms with van der Waals surface area (Å²) in [7, 11) is -0.411. The molecule has 44 heavy (non-hydrogen) atoms. The average molecular weight is 626 g/mol. The number of piperidine rings is 1. The van der Waals surface area contributed by atoms with Crippen molar-refractivity contribution in [1.82, 2.24) is 15.5 Å². The Labute approximate surface area is 263 Å². The van der Waals surface area contributed by atoms with Gasteiger partial charge in [0.1, 0.15) is 22.8 Å². The lowest BCUT2D eigenvalue weighted by molar-refractivity contribution is -0.155. The molecule has 0 aromatic rings. The lowest BCUT2D eigenvalue weighted by Crippen LogP contribution is -2.65. The highest BCUT2D eigenvalue weighted by Crippen LogP contribution is 2.39. The summed E-state index contributed by atoms with van der Waals surface area (Å²) in [5, 5.41) is 16.2. The van der Waals surface area contributed by atoms with E-state index in [1.807, 2.05) is 27.7 Å². The fourth-order valence-corrected chi connectivity index (χ4v) is 5.44. The molecule has 0 unspecified atom stereocenters. The fourth-order valence-electron chi connectivity index (χ4n) is 5.44. The molecule has 0 spiro atoms. The van der Waals surface area contributed by atoms with Gasteiger partial charge in [0.2, 0.25) is 5.91 Å². The highest BCUT2D eigenvalue weighted by Gasteiger charge is 2.53. The number of aliphatic carboxylic acids is 1. The maximum absolute atomic E-state index is 13.4. The van der Waals surface area contributed by atoms with Crippen molar-refractivity contribution in [1.29, 1.82) is 0 Å². The van der Waals surface area contributed by atoms with Gasteiger partial charge in [-0.25, -0.2) is 14.4 Å². The number of carboxylic acids is 1. The largest absolute Gasteiger partial charge is 0.479 e. The zero-order valence-corrected chi connectivity index (χ0v) is 28.9. The molecule has 0 bridgehead atoms. The van der Waals surface area contributed by atoms with E-state index < -0.39 is 71.2 Å². The molecule has 2 saturated heterocycles. The average Bonchev–Trinajstić information content (AvgIpc) is 3.03. The number of nitrogens with zero attached hydrogens (tertiary/aromatic N) is 1. The molecule has 0 aliphatic carbocycles. The van der Waals surface area contributed by atoms with Crippen LogP contribution in [0.3, 0.4) is 0 Å². The maximum Gasteiger partial charge on any atom is 0.457 e. The number of hydrogen-bond acceptors (Lipinski definition) is 8. The van der Waals surface area contributed by atoms with E-state index in [-0.39, 0.29) is 25.3 Å². The van der Waals surface area contributed by atoms with Crippen LogP contribution >= 0.6 is 0 Å². The van der Waals surface area contributed by atoms with E-state index in [0.29, 0.717) is 25.6 Å². The summed E-state index contributed by atoms with van der Waals surface area (Å²) in [6.45, 7) is 22.0. The Kier molecular flexibility index (Phi) is 11.8. The first kappa shape index (κ1) is 37.7. The van der Waals surface area contributed by atoms with Crippen molar-refractivity contribution >= 4 is 31.2 Å². The number of hydrogen-bond donors (Lipinski definition) is 3. The summed E-state index contributed by atoms with van der Waals surface area (Å²) in [5.41, 5.74) is -4.09. The van der Waals surface area contributed by atoms with Crippen LogP contribution in [0.15, 0.2) is 0 Å². The van der Waals surface area contributed by atoms with Crippen molar-refractivity contribution in [2.75, 3.05) is 6.54 Å². The molecule has 0 aromatic carbocycles. The number of ether oxygens (including phenoxy) is 2. The number of carbonyl (C=O) groups is 4. The highest BCUT2D eigenvalue weighted by atomic mass is 16.7. The van der Waals surface area contributed by atoms with Crippen LogP contribution in [0.4, 0.5) is 9.59 Å². The van der Waals surface area contributed by atoms with Crippen molar-refractivity contribution in [3.8, 4) is 0 Å². The van der Waals surface area contributed by atoms with Gasteiger partial charge in [0.15, 0.2) is 0 Å². The Morgan fingerprint density at radius 3 is 1.98 bits per heavy atom. The van der Waals surface area contributed by atoms with Crippen LogP contribution in [0.25, 0.3) is 0 Å². The van der Waals surface area contributed by atoms with Crippen molar-refractivity contribution in [2.24, 2.45) is 5.92 Å². The van der Waals surface area contributed by atoms with Crippen LogP contribution in [-0.4, -0.2) is 87.8 Å². The molecular formula is C31H56BN3O9. The molecule has 3 atom stereocenters. The highest BCUT2D eigenvalue weighted by molar-refractivity contribution is 6.45. The van der Waals surface area contributed by atoms with Crippen LogP contribution in [0.2, 0.25) is 6.32 Å². The molecule has 252 valence electrons. The summed E-state index contributed by atoms with van der Waals surface area (Å²) >= 11 is 0. The third-order valence-electron chi connectivity index (χ3n) is 8.36. The summed E-state index contributed by atoms with van der Waals surface area (Å²) in [6.07, 6.45) is 0.700. The predicted octanol–water partition coefficient (Wildman–Crippen LogP) is 5.14. The molecule has 3 N–H and O–H groups in total. The van der Waals surface area contributed by atoms with Gasteiger partial charge < -0.3 is 34.5 Å². The van der Waals surface area contributed by atoms with Gasteiger partial charge in [-0.3, -0.25) is 9.69 Å². The first-order valence-electron chi connectivity index (χ1n) is 15.8. The second-order valence-electron chi connectivity index (χ2n) is 15.5. The Hall–Kier alpha value is -2.54. The molecule has 0 radical (unpaired) electrons. The number of unbranched alkanes of at least 4 members (excludes halogenated alkanes) is 1. The number of rotatable bonds is 10. The molecule has 2 heterocycles. The number of amides is 3. The molecule has 13 heteroatoms. The summed E-state index contributed by atoms with van der Waals surface area (Å²) in [5.74, 6) is -1.87. The number of nitrogens with one attached hydrogen (secondary N) is 2. The normalized spacial score (nSPS) is 24.1. The van der Waals surface area contributed by atoms with Crippen molar-refractivity contribution in [3.63, 3.8) is 0 Å². The summed E-state index contributed by atoms with van der Waals surface area (Å²) in [4.78, 5) is 53.5. The zero-order chi connectivity index (χ0) is 33.9. The molecule has 0 saturated carbocycles. The summed E-state index contributed by atoms with van der Waals surface area (Å²) in [6, 6.07) is -1.45. The molecular weight excluding hydrogens is 569 g/mol. The van der Waals surface area contributed by atoms with E-state index in [1.165, 1.54) is 4.90 Å². The predicted molar refractivity (Wildman–Crippen MR) is 167 cm³/mol. The first-order chi connectivity index (χ1) is 19.9. The minimum absolute atomic E-state index is 0.0128. The van der Waals surface area contributed by atoms with Crippen LogP contribution in [0.5, 0.6) is 0 Å². The Morgan fingerprint density at radius 1 is 0.955 bits per heavy atom. The van der Waals surface area contributed by atoms with E-state index in [0.717, 1.165) is 0 Å². The van der Waals surface area contributed by atoms with Crippen molar-refractivity contribution < 1.29 is 43.1 Å². The molecule has 3 amide bonds. The molecule has 2 aliphatic heterocycles. The molecule has 12 nitrogen and oxygen atoms in total. The van der Waals surface area contributed by atoms with E-state index in [2.05, 4.69) is 10.6 Å².